The Bertz CT molecular complexity index is 1370. The fourth-order valence-electron chi connectivity index (χ4n) is 5.45. The van der Waals surface area contributed by atoms with E-state index in [9.17, 15) is 9.59 Å². The molecular formula is C26H26N4O5. The van der Waals surface area contributed by atoms with E-state index in [2.05, 4.69) is 15.6 Å². The SMILES string of the molecule is COC(=O)c1nc2oc1[C@@]13c4ccccc4NC1Oc1ccc(cc13)C[C@H](N)C(=O)N[C@H]2C(C)C. The first-order chi connectivity index (χ1) is 16.8. The van der Waals surface area contributed by atoms with Crippen molar-refractivity contribution in [3.63, 3.8) is 0 Å². The summed E-state index contributed by atoms with van der Waals surface area (Å²) in [6.45, 7) is 3.88. The van der Waals surface area contributed by atoms with E-state index in [1.807, 2.05) is 56.3 Å². The van der Waals surface area contributed by atoms with Gasteiger partial charge in [-0.15, -0.1) is 0 Å². The van der Waals surface area contributed by atoms with Crippen LogP contribution in [-0.2, 0) is 21.4 Å². The topological polar surface area (TPSA) is 129 Å². The molecule has 0 aliphatic carbocycles. The van der Waals surface area contributed by atoms with Crippen LogP contribution in [0.1, 0.15) is 58.7 Å². The van der Waals surface area contributed by atoms with E-state index in [0.717, 1.165) is 22.4 Å². The summed E-state index contributed by atoms with van der Waals surface area (Å²) in [4.78, 5) is 30.6. The summed E-state index contributed by atoms with van der Waals surface area (Å²) in [6, 6.07) is 12.2. The van der Waals surface area contributed by atoms with Gasteiger partial charge in [-0.25, -0.2) is 9.78 Å². The average molecular weight is 475 g/mol. The molecule has 1 amide bonds. The zero-order valence-corrected chi connectivity index (χ0v) is 19.6. The van der Waals surface area contributed by atoms with E-state index in [-0.39, 0.29) is 23.4 Å². The van der Waals surface area contributed by atoms with Crippen LogP contribution in [0.4, 0.5) is 5.69 Å². The number of anilines is 1. The molecule has 3 aromatic rings. The Hall–Kier alpha value is -3.85. The maximum atomic E-state index is 13.0. The van der Waals surface area contributed by atoms with Gasteiger partial charge in [-0.3, -0.25) is 4.79 Å². The predicted octanol–water partition coefficient (Wildman–Crippen LogP) is 2.64. The Morgan fingerprint density at radius 2 is 2.00 bits per heavy atom. The van der Waals surface area contributed by atoms with Gasteiger partial charge < -0.3 is 30.3 Å². The second kappa shape index (κ2) is 7.58. The van der Waals surface area contributed by atoms with E-state index in [1.54, 1.807) is 0 Å². The average Bonchev–Trinajstić information content (AvgIpc) is 3.50. The molecule has 4 bridgehead atoms. The van der Waals surface area contributed by atoms with Gasteiger partial charge in [0, 0.05) is 11.3 Å². The lowest BCUT2D eigenvalue weighted by atomic mass is 9.72. The third-order valence-corrected chi connectivity index (χ3v) is 7.15. The number of ether oxygens (including phenoxy) is 2. The number of nitrogens with zero attached hydrogens (tertiary/aromatic N) is 1. The number of hydrogen-bond acceptors (Lipinski definition) is 8. The van der Waals surface area contributed by atoms with Gasteiger partial charge in [-0.05, 0) is 35.6 Å². The molecule has 1 spiro atoms. The van der Waals surface area contributed by atoms with Crippen LogP contribution >= 0.6 is 0 Å². The second-order valence-electron chi connectivity index (χ2n) is 9.59. The molecule has 0 radical (unpaired) electrons. The molecule has 3 aliphatic heterocycles. The number of aromatic nitrogens is 1. The lowest BCUT2D eigenvalue weighted by molar-refractivity contribution is -0.123. The van der Waals surface area contributed by atoms with E-state index in [0.29, 0.717) is 17.9 Å². The standard InChI is InChI=1S/C26H26N4O5/c1-12(2)19-23-30-20(24(32)33-3)21(35-23)26-14-6-4-5-7-17(14)28-25(26)34-18-9-8-13(10-15(18)26)11-16(27)22(31)29-19/h4-10,12,16,19,25,28H,11,27H2,1-3H3,(H,29,31)/t16-,19-,25?,26-/m0/s1. The minimum absolute atomic E-state index is 0.0521. The van der Waals surface area contributed by atoms with Crippen molar-refractivity contribution in [2.75, 3.05) is 12.4 Å². The number of nitrogens with one attached hydrogen (secondary N) is 2. The van der Waals surface area contributed by atoms with Crippen LogP contribution in [0.15, 0.2) is 46.9 Å². The molecule has 6 rings (SSSR count). The lowest BCUT2D eigenvalue weighted by Crippen LogP contribution is -2.45. The minimum atomic E-state index is -0.995. The van der Waals surface area contributed by atoms with Gasteiger partial charge in [0.25, 0.3) is 0 Å². The van der Waals surface area contributed by atoms with E-state index >= 15 is 0 Å². The van der Waals surface area contributed by atoms with Crippen LogP contribution in [-0.4, -0.2) is 36.2 Å². The number of fused-ring (bicyclic) bond motifs is 4. The van der Waals surface area contributed by atoms with Crippen LogP contribution in [0, 0.1) is 5.92 Å². The van der Waals surface area contributed by atoms with Crippen LogP contribution in [0.2, 0.25) is 0 Å². The zero-order valence-electron chi connectivity index (χ0n) is 19.6. The Morgan fingerprint density at radius 3 is 2.77 bits per heavy atom. The third-order valence-electron chi connectivity index (χ3n) is 7.15. The molecule has 0 saturated carbocycles. The fourth-order valence-corrected chi connectivity index (χ4v) is 5.45. The molecule has 1 aromatic heterocycles. The van der Waals surface area contributed by atoms with Crippen molar-refractivity contribution in [1.82, 2.24) is 10.3 Å². The highest BCUT2D eigenvalue weighted by Gasteiger charge is 2.61. The summed E-state index contributed by atoms with van der Waals surface area (Å²) in [7, 11) is 1.31. The Balaban J connectivity index is 1.71. The van der Waals surface area contributed by atoms with Gasteiger partial charge in [-0.2, -0.15) is 0 Å². The first kappa shape index (κ1) is 21.7. The van der Waals surface area contributed by atoms with Crippen molar-refractivity contribution in [1.29, 1.82) is 0 Å². The highest BCUT2D eigenvalue weighted by atomic mass is 16.5. The number of rotatable bonds is 2. The second-order valence-corrected chi connectivity index (χ2v) is 9.59. The summed E-state index contributed by atoms with van der Waals surface area (Å²) in [6.07, 6.45) is -0.228. The lowest BCUT2D eigenvalue weighted by Gasteiger charge is -2.28. The largest absolute Gasteiger partial charge is 0.469 e. The molecule has 35 heavy (non-hydrogen) atoms. The number of carbonyl (C=O) groups excluding carboxylic acids is 2. The summed E-state index contributed by atoms with van der Waals surface area (Å²) in [5.74, 6) is 0.172. The minimum Gasteiger partial charge on any atom is -0.469 e. The molecule has 4 atom stereocenters. The Labute approximate surface area is 202 Å². The Morgan fingerprint density at radius 1 is 1.20 bits per heavy atom. The summed E-state index contributed by atoms with van der Waals surface area (Å²) < 4.78 is 18.0. The molecule has 0 saturated heterocycles. The van der Waals surface area contributed by atoms with Crippen molar-refractivity contribution in [3.8, 4) is 5.75 Å². The van der Waals surface area contributed by atoms with Gasteiger partial charge in [0.05, 0.1) is 13.2 Å². The quantitative estimate of drug-likeness (QED) is 0.484. The molecule has 180 valence electrons. The summed E-state index contributed by atoms with van der Waals surface area (Å²) in [5, 5.41) is 6.43. The van der Waals surface area contributed by atoms with Gasteiger partial charge in [0.2, 0.25) is 11.8 Å². The van der Waals surface area contributed by atoms with E-state index in [4.69, 9.17) is 19.6 Å². The third kappa shape index (κ3) is 2.94. The predicted molar refractivity (Wildman–Crippen MR) is 126 cm³/mol. The number of carbonyl (C=O) groups is 2. The highest BCUT2D eigenvalue weighted by molar-refractivity contribution is 5.90. The zero-order chi connectivity index (χ0) is 24.5. The number of amides is 1. The smallest absolute Gasteiger partial charge is 0.360 e. The van der Waals surface area contributed by atoms with Gasteiger partial charge in [0.15, 0.2) is 17.7 Å². The number of esters is 1. The molecule has 4 heterocycles. The van der Waals surface area contributed by atoms with E-state index < -0.39 is 29.7 Å². The van der Waals surface area contributed by atoms with Crippen molar-refractivity contribution in [3.05, 3.63) is 76.5 Å². The van der Waals surface area contributed by atoms with Crippen molar-refractivity contribution in [2.24, 2.45) is 11.7 Å². The molecule has 9 nitrogen and oxygen atoms in total. The molecule has 9 heteroatoms. The first-order valence-electron chi connectivity index (χ1n) is 11.7. The van der Waals surface area contributed by atoms with Crippen molar-refractivity contribution in [2.45, 2.75) is 44.0 Å². The number of benzene rings is 2. The summed E-state index contributed by atoms with van der Waals surface area (Å²) >= 11 is 0. The number of para-hydroxylation sites is 1. The van der Waals surface area contributed by atoms with Crippen molar-refractivity contribution < 1.29 is 23.5 Å². The van der Waals surface area contributed by atoms with E-state index in [1.165, 1.54) is 7.11 Å². The molecule has 3 aliphatic rings. The molecule has 1 unspecified atom stereocenters. The number of methoxy groups -OCH3 is 1. The van der Waals surface area contributed by atoms with Crippen LogP contribution < -0.4 is 21.1 Å². The van der Waals surface area contributed by atoms with Gasteiger partial charge in [-0.1, -0.05) is 44.2 Å². The normalized spacial score (nSPS) is 26.0. The maximum Gasteiger partial charge on any atom is 0.360 e. The molecule has 4 N–H and O–H groups in total. The number of nitrogens with two attached hydrogens (primary N) is 1. The molecular weight excluding hydrogens is 448 g/mol. The monoisotopic (exact) mass is 474 g/mol. The molecule has 2 aromatic carbocycles. The first-order valence-corrected chi connectivity index (χ1v) is 11.7. The fraction of sp³-hybridized carbons (Fsp3) is 0.346. The number of hydrogen-bond donors (Lipinski definition) is 3. The number of oxazole rings is 1. The Kier molecular flexibility index (Phi) is 4.69. The maximum absolute atomic E-state index is 13.0. The highest BCUT2D eigenvalue weighted by Crippen LogP contribution is 2.58. The van der Waals surface area contributed by atoms with Gasteiger partial charge >= 0.3 is 5.97 Å². The van der Waals surface area contributed by atoms with Gasteiger partial charge in [0.1, 0.15) is 17.2 Å². The van der Waals surface area contributed by atoms with Crippen LogP contribution in [0.3, 0.4) is 0 Å². The van der Waals surface area contributed by atoms with Crippen LogP contribution in [0.5, 0.6) is 5.75 Å². The van der Waals surface area contributed by atoms with Crippen LogP contribution in [0.25, 0.3) is 0 Å². The summed E-state index contributed by atoms with van der Waals surface area (Å²) in [5.41, 5.74) is 8.84. The molecule has 0 fully saturated rings. The van der Waals surface area contributed by atoms with Crippen molar-refractivity contribution >= 4 is 17.6 Å².